The highest BCUT2D eigenvalue weighted by Gasteiger charge is 2.31. The first-order valence-electron chi connectivity index (χ1n) is 12.8. The van der Waals surface area contributed by atoms with Crippen molar-refractivity contribution in [3.8, 4) is 22.3 Å². The van der Waals surface area contributed by atoms with Crippen molar-refractivity contribution in [1.29, 1.82) is 0 Å². The van der Waals surface area contributed by atoms with Crippen molar-refractivity contribution in [3.63, 3.8) is 0 Å². The van der Waals surface area contributed by atoms with Gasteiger partial charge < -0.3 is 14.2 Å². The van der Waals surface area contributed by atoms with Gasteiger partial charge in [-0.05, 0) is 62.9 Å². The van der Waals surface area contributed by atoms with Gasteiger partial charge in [-0.25, -0.2) is 9.78 Å². The molecule has 0 spiro atoms. The molecule has 8 heteroatoms. The van der Waals surface area contributed by atoms with Crippen molar-refractivity contribution >= 4 is 28.6 Å². The maximum absolute atomic E-state index is 11.6. The minimum atomic E-state index is -1.01. The summed E-state index contributed by atoms with van der Waals surface area (Å²) in [6.07, 6.45) is 10.5. The van der Waals surface area contributed by atoms with Crippen LogP contribution in [0.25, 0.3) is 33.3 Å². The summed E-state index contributed by atoms with van der Waals surface area (Å²) in [6.45, 7) is 3.81. The van der Waals surface area contributed by atoms with Crippen LogP contribution in [-0.2, 0) is 0 Å². The number of nitrogens with zero attached hydrogens (tertiary/aromatic N) is 4. The molecule has 192 valence electrons. The minimum absolute atomic E-state index is 0.0180. The Morgan fingerprint density at radius 2 is 1.92 bits per heavy atom. The summed E-state index contributed by atoms with van der Waals surface area (Å²) in [5, 5.41) is 14.9. The maximum atomic E-state index is 11.6. The molecule has 4 aromatic heterocycles. The van der Waals surface area contributed by atoms with Gasteiger partial charge in [0.2, 0.25) is 0 Å². The van der Waals surface area contributed by atoms with Gasteiger partial charge in [0.05, 0.1) is 23.0 Å². The average Bonchev–Trinajstić information content (AvgIpc) is 3.65. The monoisotopic (exact) mass is 526 g/mol. The Labute approximate surface area is 225 Å². The van der Waals surface area contributed by atoms with E-state index in [9.17, 15) is 9.90 Å². The lowest BCUT2D eigenvalue weighted by Crippen LogP contribution is -2.19. The summed E-state index contributed by atoms with van der Waals surface area (Å²) in [6, 6.07) is 13.0. The van der Waals surface area contributed by atoms with Crippen LogP contribution in [0.1, 0.15) is 59.2 Å². The van der Waals surface area contributed by atoms with Gasteiger partial charge >= 0.3 is 5.97 Å². The largest absolute Gasteiger partial charge is 0.478 e. The van der Waals surface area contributed by atoms with Gasteiger partial charge in [-0.2, -0.15) is 0 Å². The minimum Gasteiger partial charge on any atom is -0.478 e. The lowest BCUT2D eigenvalue weighted by Gasteiger charge is -2.25. The molecule has 1 aliphatic rings. The van der Waals surface area contributed by atoms with E-state index in [4.69, 9.17) is 26.1 Å². The average molecular weight is 527 g/mol. The zero-order valence-corrected chi connectivity index (χ0v) is 21.9. The molecule has 0 bridgehead atoms. The number of carbonyl (C=O) groups is 1. The first-order chi connectivity index (χ1) is 18.4. The van der Waals surface area contributed by atoms with Crippen LogP contribution in [0, 0.1) is 19.8 Å². The van der Waals surface area contributed by atoms with Gasteiger partial charge in [0.15, 0.2) is 0 Å². The lowest BCUT2D eigenvalue weighted by molar-refractivity contribution is 0.0697. The topological polar surface area (TPSA) is 94.0 Å². The number of aryl methyl sites for hydroxylation is 2. The molecule has 0 radical (unpaired) electrons. The summed E-state index contributed by atoms with van der Waals surface area (Å²) in [4.78, 5) is 21.3. The SMILES string of the molecule is Cc1noc(C)c1-c1cnc2c(c1)c(-c1ccc(C(=O)O)cc1Cl)cn2C(c1ccccn1)C1CCCC1. The molecule has 38 heavy (non-hydrogen) atoms. The standard InChI is InChI=1S/C30H27ClN4O3/c1-17-27(18(2)38-34-17)21-13-23-24(22-11-10-20(30(36)37)14-25(22)31)16-35(29(23)33-15-21)28(19-7-3-4-8-19)26-9-5-6-12-32-26/h5-6,9-16,19,28H,3-4,7-8H2,1-2H3,(H,36,37). The van der Waals surface area contributed by atoms with E-state index in [1.807, 2.05) is 38.4 Å². The Morgan fingerprint density at radius 1 is 1.11 bits per heavy atom. The quantitative estimate of drug-likeness (QED) is 0.246. The van der Waals surface area contributed by atoms with Crippen molar-refractivity contribution in [3.05, 3.63) is 88.8 Å². The van der Waals surface area contributed by atoms with Crippen LogP contribution in [0.3, 0.4) is 0 Å². The number of pyridine rings is 2. The number of aromatic nitrogens is 4. The van der Waals surface area contributed by atoms with E-state index < -0.39 is 5.97 Å². The molecule has 0 amide bonds. The predicted octanol–water partition coefficient (Wildman–Crippen LogP) is 7.50. The molecule has 6 rings (SSSR count). The lowest BCUT2D eigenvalue weighted by atomic mass is 9.94. The van der Waals surface area contributed by atoms with Crippen LogP contribution in [0.4, 0.5) is 0 Å². The van der Waals surface area contributed by atoms with Crippen LogP contribution < -0.4 is 0 Å². The van der Waals surface area contributed by atoms with Crippen molar-refractivity contribution in [2.75, 3.05) is 0 Å². The summed E-state index contributed by atoms with van der Waals surface area (Å²) in [5.41, 5.74) is 6.25. The van der Waals surface area contributed by atoms with Crippen molar-refractivity contribution in [2.45, 2.75) is 45.6 Å². The van der Waals surface area contributed by atoms with Gasteiger partial charge in [-0.3, -0.25) is 4.98 Å². The van der Waals surface area contributed by atoms with Crippen LogP contribution in [-0.4, -0.2) is 30.8 Å². The molecule has 1 fully saturated rings. The van der Waals surface area contributed by atoms with E-state index >= 15 is 0 Å². The summed E-state index contributed by atoms with van der Waals surface area (Å²) < 4.78 is 7.67. The number of hydrogen-bond donors (Lipinski definition) is 1. The van der Waals surface area contributed by atoms with E-state index in [2.05, 4.69) is 28.1 Å². The summed E-state index contributed by atoms with van der Waals surface area (Å²) in [7, 11) is 0. The molecule has 1 atom stereocenters. The third-order valence-corrected chi connectivity index (χ3v) is 7.95. The van der Waals surface area contributed by atoms with Gasteiger partial charge in [0, 0.05) is 51.3 Å². The number of carboxylic acids is 1. The van der Waals surface area contributed by atoms with Crippen LogP contribution in [0.15, 0.2) is 65.6 Å². The first kappa shape index (κ1) is 24.4. The highest BCUT2D eigenvalue weighted by Crippen LogP contribution is 2.43. The highest BCUT2D eigenvalue weighted by molar-refractivity contribution is 6.34. The van der Waals surface area contributed by atoms with Gasteiger partial charge in [-0.1, -0.05) is 41.7 Å². The van der Waals surface area contributed by atoms with Crippen molar-refractivity contribution < 1.29 is 14.4 Å². The zero-order valence-electron chi connectivity index (χ0n) is 21.2. The molecule has 4 heterocycles. The number of halogens is 1. The Balaban J connectivity index is 1.61. The molecular weight excluding hydrogens is 500 g/mol. The van der Waals surface area contributed by atoms with E-state index in [1.54, 1.807) is 12.1 Å². The smallest absolute Gasteiger partial charge is 0.335 e. The molecule has 5 aromatic rings. The number of aromatic carboxylic acids is 1. The van der Waals surface area contributed by atoms with Crippen molar-refractivity contribution in [1.82, 2.24) is 19.7 Å². The van der Waals surface area contributed by atoms with Crippen LogP contribution in [0.2, 0.25) is 5.02 Å². The Kier molecular flexibility index (Phi) is 6.24. The molecule has 1 aliphatic carbocycles. The number of rotatable bonds is 6. The first-order valence-corrected chi connectivity index (χ1v) is 13.2. The molecule has 0 aliphatic heterocycles. The van der Waals surface area contributed by atoms with Gasteiger partial charge in [0.1, 0.15) is 11.4 Å². The van der Waals surface area contributed by atoms with E-state index in [0.717, 1.165) is 63.3 Å². The number of hydrogen-bond acceptors (Lipinski definition) is 5. The Hall–Kier alpha value is -3.97. The predicted molar refractivity (Wildman–Crippen MR) is 146 cm³/mol. The maximum Gasteiger partial charge on any atom is 0.335 e. The van der Waals surface area contributed by atoms with Gasteiger partial charge in [-0.15, -0.1) is 0 Å². The molecule has 1 aromatic carbocycles. The normalized spacial score (nSPS) is 14.8. The Bertz CT molecular complexity index is 1630. The molecular formula is C30H27ClN4O3. The molecule has 1 unspecified atom stereocenters. The second-order valence-corrected chi connectivity index (χ2v) is 10.4. The molecule has 1 saturated carbocycles. The van der Waals surface area contributed by atoms with Gasteiger partial charge in [0.25, 0.3) is 0 Å². The number of benzene rings is 1. The summed E-state index contributed by atoms with van der Waals surface area (Å²) in [5.74, 6) is 0.146. The molecule has 7 nitrogen and oxygen atoms in total. The molecule has 1 N–H and O–H groups in total. The van der Waals surface area contributed by atoms with E-state index in [-0.39, 0.29) is 11.6 Å². The fraction of sp³-hybridized carbons (Fsp3) is 0.267. The fourth-order valence-electron chi connectivity index (χ4n) is 5.89. The second kappa shape index (κ2) is 9.72. The van der Waals surface area contributed by atoms with E-state index in [0.29, 0.717) is 10.9 Å². The van der Waals surface area contributed by atoms with E-state index in [1.165, 1.54) is 18.9 Å². The number of carboxylic acid groups (broad SMARTS) is 1. The highest BCUT2D eigenvalue weighted by atomic mass is 35.5. The van der Waals surface area contributed by atoms with Crippen LogP contribution in [0.5, 0.6) is 0 Å². The Morgan fingerprint density at radius 3 is 2.58 bits per heavy atom. The third kappa shape index (κ3) is 4.17. The fourth-order valence-corrected chi connectivity index (χ4v) is 6.17. The van der Waals surface area contributed by atoms with Crippen LogP contribution >= 0.6 is 11.6 Å². The third-order valence-electron chi connectivity index (χ3n) is 7.63. The zero-order chi connectivity index (χ0) is 26.4. The molecule has 0 saturated heterocycles. The number of fused-ring (bicyclic) bond motifs is 1. The van der Waals surface area contributed by atoms with Crippen molar-refractivity contribution in [2.24, 2.45) is 5.92 Å². The second-order valence-electron chi connectivity index (χ2n) is 9.99. The summed E-state index contributed by atoms with van der Waals surface area (Å²) >= 11 is 6.70.